The highest BCUT2D eigenvalue weighted by molar-refractivity contribution is 6.43. The number of carbonyl (C=O) groups is 1. The topological polar surface area (TPSA) is 53.5 Å². The van der Waals surface area contributed by atoms with Gasteiger partial charge in [0.05, 0.1) is 5.92 Å². The van der Waals surface area contributed by atoms with Gasteiger partial charge >= 0.3 is 5.71 Å². The molecule has 2 atom stereocenters. The van der Waals surface area contributed by atoms with Crippen molar-refractivity contribution in [3.8, 4) is 0 Å². The number of fused-ring (bicyclic) bond motifs is 2. The van der Waals surface area contributed by atoms with Crippen LogP contribution in [0.2, 0.25) is 0 Å². The number of ketones is 1. The van der Waals surface area contributed by atoms with E-state index in [-0.39, 0.29) is 22.5 Å². The molecule has 2 aliphatic rings. The summed E-state index contributed by atoms with van der Waals surface area (Å²) in [6.07, 6.45) is 1.91. The SMILES string of the molecule is CC1(C)[C@@H]2CC[C@]1(C)C(=O)C2=[N+]=[N-]. The second kappa shape index (κ2) is 2.10. The van der Waals surface area contributed by atoms with E-state index in [1.807, 2.05) is 6.92 Å². The van der Waals surface area contributed by atoms with Crippen molar-refractivity contribution in [3.05, 3.63) is 5.53 Å². The molecule has 0 N–H and O–H groups in total. The first kappa shape index (κ1) is 8.64. The van der Waals surface area contributed by atoms with Gasteiger partial charge in [-0.3, -0.25) is 4.79 Å². The first-order valence-corrected chi connectivity index (χ1v) is 4.72. The molecule has 0 saturated heterocycles. The minimum atomic E-state index is -0.292. The third kappa shape index (κ3) is 0.696. The fourth-order valence-corrected chi connectivity index (χ4v) is 2.94. The summed E-state index contributed by atoms with van der Waals surface area (Å²) in [6.45, 7) is 6.19. The van der Waals surface area contributed by atoms with Crippen LogP contribution in [0.4, 0.5) is 0 Å². The molecule has 0 aromatic rings. The zero-order valence-corrected chi connectivity index (χ0v) is 8.29. The fraction of sp³-hybridized carbons (Fsp3) is 0.800. The van der Waals surface area contributed by atoms with E-state index in [2.05, 4.69) is 18.6 Å². The molecule has 2 bridgehead atoms. The van der Waals surface area contributed by atoms with E-state index in [0.29, 0.717) is 5.71 Å². The molecule has 70 valence electrons. The van der Waals surface area contributed by atoms with Gasteiger partial charge in [-0.25, -0.2) is 0 Å². The van der Waals surface area contributed by atoms with Gasteiger partial charge in [0.15, 0.2) is 0 Å². The quantitative estimate of drug-likeness (QED) is 0.411. The van der Waals surface area contributed by atoms with Crippen LogP contribution in [0, 0.1) is 16.7 Å². The van der Waals surface area contributed by atoms with Gasteiger partial charge in [0, 0.05) is 5.41 Å². The molecule has 0 aromatic carbocycles. The highest BCUT2D eigenvalue weighted by atomic mass is 16.1. The molecule has 3 nitrogen and oxygen atoms in total. The summed E-state index contributed by atoms with van der Waals surface area (Å²) in [5, 5.41) is 0. The predicted molar refractivity (Wildman–Crippen MR) is 48.2 cm³/mol. The average Bonchev–Trinajstić information content (AvgIpc) is 2.36. The summed E-state index contributed by atoms with van der Waals surface area (Å²) in [4.78, 5) is 15.0. The Balaban J connectivity index is 2.64. The van der Waals surface area contributed by atoms with Crippen LogP contribution in [0.3, 0.4) is 0 Å². The maximum Gasteiger partial charge on any atom is 0.338 e. The van der Waals surface area contributed by atoms with Crippen LogP contribution in [-0.2, 0) is 4.79 Å². The summed E-state index contributed by atoms with van der Waals surface area (Å²) >= 11 is 0. The lowest BCUT2D eigenvalue weighted by Gasteiger charge is -2.30. The standard InChI is InChI=1S/C10H14N2O/c1-9(2)6-4-5-10(9,3)8(13)7(6)12-11/h6H,4-5H2,1-3H3/t6-,10-/m1/s1. The Kier molecular flexibility index (Phi) is 1.40. The molecule has 2 fully saturated rings. The fourth-order valence-electron chi connectivity index (χ4n) is 2.94. The van der Waals surface area contributed by atoms with Gasteiger partial charge in [0.25, 0.3) is 0 Å². The minimum absolute atomic E-state index is 0.0361. The van der Waals surface area contributed by atoms with Gasteiger partial charge in [-0.1, -0.05) is 20.8 Å². The van der Waals surface area contributed by atoms with Crippen LogP contribution in [0.15, 0.2) is 0 Å². The molecule has 0 heterocycles. The molecule has 0 radical (unpaired) electrons. The Morgan fingerprint density at radius 2 is 2.08 bits per heavy atom. The second-order valence-corrected chi connectivity index (χ2v) is 4.96. The number of carbonyl (C=O) groups excluding carboxylic acids is 1. The molecule has 0 unspecified atom stereocenters. The zero-order chi connectivity index (χ0) is 9.85. The molecule has 2 aliphatic carbocycles. The van der Waals surface area contributed by atoms with Gasteiger partial charge < -0.3 is 5.53 Å². The van der Waals surface area contributed by atoms with Crippen LogP contribution >= 0.6 is 0 Å². The summed E-state index contributed by atoms with van der Waals surface area (Å²) in [5.41, 5.74) is 8.85. The molecule has 3 heteroatoms. The lowest BCUT2D eigenvalue weighted by atomic mass is 9.70. The Hall–Kier alpha value is -0.950. The zero-order valence-electron chi connectivity index (χ0n) is 8.29. The number of rotatable bonds is 0. The lowest BCUT2D eigenvalue weighted by Crippen LogP contribution is -2.33. The van der Waals surface area contributed by atoms with Crippen LogP contribution in [0.1, 0.15) is 33.6 Å². The first-order valence-electron chi connectivity index (χ1n) is 4.72. The number of hydrogen-bond acceptors (Lipinski definition) is 1. The Bertz CT molecular complexity index is 339. The Morgan fingerprint density at radius 3 is 2.38 bits per heavy atom. The van der Waals surface area contributed by atoms with Gasteiger partial charge in [0.2, 0.25) is 5.78 Å². The number of hydrogen-bond donors (Lipinski definition) is 0. The predicted octanol–water partition coefficient (Wildman–Crippen LogP) is 1.68. The highest BCUT2D eigenvalue weighted by Crippen LogP contribution is 2.61. The van der Waals surface area contributed by atoms with Crippen LogP contribution < -0.4 is 0 Å². The summed E-state index contributed by atoms with van der Waals surface area (Å²) in [7, 11) is 0. The molecule has 2 saturated carbocycles. The molecular weight excluding hydrogens is 164 g/mol. The van der Waals surface area contributed by atoms with Crippen molar-refractivity contribution < 1.29 is 9.58 Å². The second-order valence-electron chi connectivity index (χ2n) is 4.96. The van der Waals surface area contributed by atoms with Crippen LogP contribution in [0.5, 0.6) is 0 Å². The van der Waals surface area contributed by atoms with Crippen molar-refractivity contribution in [2.75, 3.05) is 0 Å². The smallest absolute Gasteiger partial charge is 0.338 e. The first-order chi connectivity index (χ1) is 5.95. The Labute approximate surface area is 77.8 Å². The summed E-state index contributed by atoms with van der Waals surface area (Å²) in [6, 6.07) is 0. The van der Waals surface area contributed by atoms with E-state index >= 15 is 0 Å². The molecule has 0 spiro atoms. The maximum atomic E-state index is 11.8. The van der Waals surface area contributed by atoms with E-state index in [1.54, 1.807) is 0 Å². The van der Waals surface area contributed by atoms with E-state index in [4.69, 9.17) is 5.53 Å². The van der Waals surface area contributed by atoms with E-state index in [9.17, 15) is 4.79 Å². The average molecular weight is 178 g/mol. The molecular formula is C10H14N2O. The molecule has 0 aromatic heterocycles. The third-order valence-electron chi connectivity index (χ3n) is 4.40. The van der Waals surface area contributed by atoms with E-state index in [0.717, 1.165) is 12.8 Å². The van der Waals surface area contributed by atoms with Crippen molar-refractivity contribution >= 4 is 11.5 Å². The van der Waals surface area contributed by atoms with Gasteiger partial charge in [-0.2, -0.15) is 4.79 Å². The van der Waals surface area contributed by atoms with Crippen molar-refractivity contribution in [3.63, 3.8) is 0 Å². The molecule has 2 rings (SSSR count). The van der Waals surface area contributed by atoms with Crippen molar-refractivity contribution in [2.24, 2.45) is 16.7 Å². The van der Waals surface area contributed by atoms with E-state index in [1.165, 1.54) is 0 Å². The number of Topliss-reactive ketones (excluding diaryl/α,β-unsaturated/α-hetero) is 1. The van der Waals surface area contributed by atoms with Crippen molar-refractivity contribution in [1.82, 2.24) is 0 Å². The van der Waals surface area contributed by atoms with E-state index < -0.39 is 0 Å². The normalized spacial score (nSPS) is 41.0. The van der Waals surface area contributed by atoms with Crippen LogP contribution in [0.25, 0.3) is 5.53 Å². The molecule has 0 aliphatic heterocycles. The van der Waals surface area contributed by atoms with Gasteiger partial charge in [-0.05, 0) is 18.3 Å². The monoisotopic (exact) mass is 178 g/mol. The van der Waals surface area contributed by atoms with Gasteiger partial charge in [0.1, 0.15) is 0 Å². The maximum absolute atomic E-state index is 11.8. The van der Waals surface area contributed by atoms with Crippen LogP contribution in [-0.4, -0.2) is 16.3 Å². The third-order valence-corrected chi connectivity index (χ3v) is 4.40. The summed E-state index contributed by atoms with van der Waals surface area (Å²) in [5.74, 6) is 0.214. The largest absolute Gasteiger partial charge is 0.361 e. The molecule has 0 amide bonds. The lowest BCUT2D eigenvalue weighted by molar-refractivity contribution is -0.126. The highest BCUT2D eigenvalue weighted by Gasteiger charge is 2.69. The van der Waals surface area contributed by atoms with Gasteiger partial charge in [-0.15, -0.1) is 0 Å². The Morgan fingerprint density at radius 1 is 1.46 bits per heavy atom. The molecule has 13 heavy (non-hydrogen) atoms. The minimum Gasteiger partial charge on any atom is -0.361 e. The van der Waals surface area contributed by atoms with Crippen molar-refractivity contribution in [1.29, 1.82) is 0 Å². The number of nitrogens with zero attached hydrogens (tertiary/aromatic N) is 2. The summed E-state index contributed by atoms with van der Waals surface area (Å²) < 4.78 is 0. The van der Waals surface area contributed by atoms with Crippen molar-refractivity contribution in [2.45, 2.75) is 33.6 Å².